The maximum Gasteiger partial charge on any atom is 0.305 e. The van der Waals surface area contributed by atoms with Crippen LogP contribution in [0.2, 0.25) is 0 Å². The molecular formula is C14H19NO3. The number of carboxylic acid groups (broad SMARTS) is 1. The third-order valence-corrected chi connectivity index (χ3v) is 2.67. The van der Waals surface area contributed by atoms with Gasteiger partial charge < -0.3 is 10.0 Å². The molecule has 0 unspecified atom stereocenters. The third-order valence-electron chi connectivity index (χ3n) is 2.67. The van der Waals surface area contributed by atoms with Crippen molar-refractivity contribution in [2.24, 2.45) is 0 Å². The number of aliphatic carboxylic acids is 1. The van der Waals surface area contributed by atoms with E-state index in [1.54, 1.807) is 11.8 Å². The normalized spacial score (nSPS) is 10.2. The first-order valence-electron chi connectivity index (χ1n) is 6.04. The first-order valence-corrected chi connectivity index (χ1v) is 6.04. The van der Waals surface area contributed by atoms with E-state index in [0.717, 1.165) is 16.8 Å². The van der Waals surface area contributed by atoms with Crippen molar-refractivity contribution < 1.29 is 14.7 Å². The van der Waals surface area contributed by atoms with Gasteiger partial charge in [-0.05, 0) is 37.1 Å². The Balaban J connectivity index is 3.00. The maximum atomic E-state index is 11.9. The van der Waals surface area contributed by atoms with E-state index in [1.807, 2.05) is 32.0 Å². The standard InChI is InChI=1S/C14H19NO3/c1-4-13(16)15(6-5-14(17)18)12-8-10(2)7-11(3)9-12/h7-9H,4-6H2,1-3H3,(H,17,18). The Hall–Kier alpha value is -1.84. The van der Waals surface area contributed by atoms with E-state index < -0.39 is 5.97 Å². The lowest BCUT2D eigenvalue weighted by molar-refractivity contribution is -0.136. The summed E-state index contributed by atoms with van der Waals surface area (Å²) in [4.78, 5) is 24.1. The minimum Gasteiger partial charge on any atom is -0.481 e. The second-order valence-electron chi connectivity index (χ2n) is 4.39. The second kappa shape index (κ2) is 6.19. The summed E-state index contributed by atoms with van der Waals surface area (Å²) >= 11 is 0. The molecule has 1 N–H and O–H groups in total. The molecule has 0 heterocycles. The van der Waals surface area contributed by atoms with Crippen LogP contribution in [-0.4, -0.2) is 23.5 Å². The van der Waals surface area contributed by atoms with Crippen LogP contribution in [0.5, 0.6) is 0 Å². The number of carboxylic acids is 1. The summed E-state index contributed by atoms with van der Waals surface area (Å²) in [5.41, 5.74) is 2.91. The molecule has 0 saturated heterocycles. The Labute approximate surface area is 107 Å². The molecule has 0 saturated carbocycles. The van der Waals surface area contributed by atoms with E-state index in [-0.39, 0.29) is 18.9 Å². The van der Waals surface area contributed by atoms with Crippen molar-refractivity contribution in [3.63, 3.8) is 0 Å². The zero-order valence-corrected chi connectivity index (χ0v) is 11.1. The van der Waals surface area contributed by atoms with Crippen molar-refractivity contribution >= 4 is 17.6 Å². The van der Waals surface area contributed by atoms with Gasteiger partial charge in [0, 0.05) is 18.7 Å². The van der Waals surface area contributed by atoms with E-state index in [1.165, 1.54) is 0 Å². The van der Waals surface area contributed by atoms with Gasteiger partial charge in [0.2, 0.25) is 5.91 Å². The van der Waals surface area contributed by atoms with Crippen LogP contribution in [0.3, 0.4) is 0 Å². The smallest absolute Gasteiger partial charge is 0.305 e. The van der Waals surface area contributed by atoms with E-state index in [2.05, 4.69) is 0 Å². The molecule has 18 heavy (non-hydrogen) atoms. The highest BCUT2D eigenvalue weighted by atomic mass is 16.4. The molecule has 0 aliphatic carbocycles. The Morgan fingerprint density at radius 3 is 2.17 bits per heavy atom. The van der Waals surface area contributed by atoms with Crippen LogP contribution in [0.4, 0.5) is 5.69 Å². The monoisotopic (exact) mass is 249 g/mol. The van der Waals surface area contributed by atoms with Gasteiger partial charge in [0.05, 0.1) is 6.42 Å². The van der Waals surface area contributed by atoms with E-state index in [4.69, 9.17) is 5.11 Å². The quantitative estimate of drug-likeness (QED) is 0.872. The Morgan fingerprint density at radius 1 is 1.17 bits per heavy atom. The van der Waals surface area contributed by atoms with Crippen LogP contribution in [-0.2, 0) is 9.59 Å². The predicted octanol–water partition coefficient (Wildman–Crippen LogP) is 2.52. The third kappa shape index (κ3) is 3.87. The number of anilines is 1. The fourth-order valence-corrected chi connectivity index (χ4v) is 1.90. The lowest BCUT2D eigenvalue weighted by Gasteiger charge is -2.22. The van der Waals surface area contributed by atoms with E-state index in [9.17, 15) is 9.59 Å². The second-order valence-corrected chi connectivity index (χ2v) is 4.39. The molecule has 1 aromatic carbocycles. The van der Waals surface area contributed by atoms with Crippen LogP contribution in [0.25, 0.3) is 0 Å². The van der Waals surface area contributed by atoms with Crippen LogP contribution >= 0.6 is 0 Å². The number of amides is 1. The molecule has 0 fully saturated rings. The van der Waals surface area contributed by atoms with Gasteiger partial charge in [0.25, 0.3) is 0 Å². The largest absolute Gasteiger partial charge is 0.481 e. The number of carbonyl (C=O) groups excluding carboxylic acids is 1. The van der Waals surface area contributed by atoms with Crippen LogP contribution in [0.1, 0.15) is 30.9 Å². The predicted molar refractivity (Wildman–Crippen MR) is 70.8 cm³/mol. The zero-order chi connectivity index (χ0) is 13.7. The van der Waals surface area contributed by atoms with Gasteiger partial charge in [-0.15, -0.1) is 0 Å². The number of rotatable bonds is 5. The average molecular weight is 249 g/mol. The number of benzene rings is 1. The molecule has 1 aromatic rings. The van der Waals surface area contributed by atoms with Crippen LogP contribution in [0.15, 0.2) is 18.2 Å². The number of hydrogen-bond donors (Lipinski definition) is 1. The van der Waals surface area contributed by atoms with Crippen molar-refractivity contribution in [2.45, 2.75) is 33.6 Å². The average Bonchev–Trinajstić information content (AvgIpc) is 2.27. The van der Waals surface area contributed by atoms with Gasteiger partial charge in [0.15, 0.2) is 0 Å². The summed E-state index contributed by atoms with van der Waals surface area (Å²) in [7, 11) is 0. The summed E-state index contributed by atoms with van der Waals surface area (Å²) in [5, 5.41) is 8.73. The molecule has 1 amide bonds. The Morgan fingerprint density at radius 2 is 1.72 bits per heavy atom. The molecule has 4 nitrogen and oxygen atoms in total. The molecule has 98 valence electrons. The van der Waals surface area contributed by atoms with Gasteiger partial charge in [-0.3, -0.25) is 9.59 Å². The number of nitrogens with zero attached hydrogens (tertiary/aromatic N) is 1. The molecule has 0 aliphatic rings. The first kappa shape index (κ1) is 14.2. The van der Waals surface area contributed by atoms with Gasteiger partial charge in [-0.2, -0.15) is 0 Å². The molecule has 4 heteroatoms. The minimum atomic E-state index is -0.895. The van der Waals surface area contributed by atoms with E-state index in [0.29, 0.717) is 6.42 Å². The summed E-state index contributed by atoms with van der Waals surface area (Å²) in [6.45, 7) is 5.91. The Bertz CT molecular complexity index is 434. The van der Waals surface area contributed by atoms with Crippen LogP contribution in [0, 0.1) is 13.8 Å². The highest BCUT2D eigenvalue weighted by Gasteiger charge is 2.15. The van der Waals surface area contributed by atoms with Crippen molar-refractivity contribution in [2.75, 3.05) is 11.4 Å². The molecule has 0 aromatic heterocycles. The molecule has 0 bridgehead atoms. The Kier molecular flexibility index (Phi) is 4.89. The van der Waals surface area contributed by atoms with Crippen molar-refractivity contribution in [1.29, 1.82) is 0 Å². The van der Waals surface area contributed by atoms with Gasteiger partial charge in [0.1, 0.15) is 0 Å². The maximum absolute atomic E-state index is 11.9. The number of aryl methyl sites for hydroxylation is 2. The summed E-state index contributed by atoms with van der Waals surface area (Å²) < 4.78 is 0. The lowest BCUT2D eigenvalue weighted by atomic mass is 10.1. The van der Waals surface area contributed by atoms with Crippen molar-refractivity contribution in [1.82, 2.24) is 0 Å². The van der Waals surface area contributed by atoms with Crippen LogP contribution < -0.4 is 4.90 Å². The SMILES string of the molecule is CCC(=O)N(CCC(=O)O)c1cc(C)cc(C)c1. The lowest BCUT2D eigenvalue weighted by Crippen LogP contribution is -2.32. The van der Waals surface area contributed by atoms with Gasteiger partial charge in [-0.1, -0.05) is 13.0 Å². The minimum absolute atomic E-state index is 0.0429. The number of hydrogen-bond acceptors (Lipinski definition) is 2. The van der Waals surface area contributed by atoms with Crippen molar-refractivity contribution in [3.8, 4) is 0 Å². The number of carbonyl (C=O) groups is 2. The molecule has 0 aliphatic heterocycles. The first-order chi connectivity index (χ1) is 8.43. The topological polar surface area (TPSA) is 57.6 Å². The molecular weight excluding hydrogens is 230 g/mol. The molecule has 1 rings (SSSR count). The van der Waals surface area contributed by atoms with Crippen molar-refractivity contribution in [3.05, 3.63) is 29.3 Å². The summed E-state index contributed by atoms with van der Waals surface area (Å²) in [5.74, 6) is -0.950. The molecule has 0 spiro atoms. The highest BCUT2D eigenvalue weighted by Crippen LogP contribution is 2.20. The summed E-state index contributed by atoms with van der Waals surface area (Å²) in [6, 6.07) is 5.83. The zero-order valence-electron chi connectivity index (χ0n) is 11.1. The van der Waals surface area contributed by atoms with E-state index >= 15 is 0 Å². The fraction of sp³-hybridized carbons (Fsp3) is 0.429. The summed E-state index contributed by atoms with van der Waals surface area (Å²) in [6.07, 6.45) is 0.325. The molecule has 0 radical (unpaired) electrons. The highest BCUT2D eigenvalue weighted by molar-refractivity contribution is 5.93. The van der Waals surface area contributed by atoms with Gasteiger partial charge in [-0.25, -0.2) is 0 Å². The molecule has 0 atom stereocenters. The fourth-order valence-electron chi connectivity index (χ4n) is 1.90. The van der Waals surface area contributed by atoms with Gasteiger partial charge >= 0.3 is 5.97 Å².